The Labute approximate surface area is 187 Å². The summed E-state index contributed by atoms with van der Waals surface area (Å²) in [5.74, 6) is -0.664. The molecule has 0 aromatic heterocycles. The van der Waals surface area contributed by atoms with Gasteiger partial charge in [0.05, 0.1) is 12.7 Å². The summed E-state index contributed by atoms with van der Waals surface area (Å²) in [4.78, 5) is 1.15. The van der Waals surface area contributed by atoms with Crippen molar-refractivity contribution in [3.8, 4) is 0 Å². The van der Waals surface area contributed by atoms with E-state index in [0.29, 0.717) is 6.61 Å². The average Bonchev–Trinajstić information content (AvgIpc) is 3.09. The summed E-state index contributed by atoms with van der Waals surface area (Å²) >= 11 is 1.68. The van der Waals surface area contributed by atoms with E-state index in [1.807, 2.05) is 32.0 Å². The molecule has 2 heterocycles. The van der Waals surface area contributed by atoms with Crippen molar-refractivity contribution in [1.82, 2.24) is 0 Å². The van der Waals surface area contributed by atoms with Crippen LogP contribution in [0.3, 0.4) is 0 Å². The third kappa shape index (κ3) is 4.52. The topological polar surface area (TPSA) is 36.9 Å². The molecule has 0 N–H and O–H groups in total. The van der Waals surface area contributed by atoms with Gasteiger partial charge in [0.1, 0.15) is 23.7 Å². The fourth-order valence-electron chi connectivity index (χ4n) is 4.39. The van der Waals surface area contributed by atoms with Gasteiger partial charge in [-0.15, -0.1) is 0 Å². The van der Waals surface area contributed by atoms with Gasteiger partial charge in [-0.25, -0.2) is 0 Å². The minimum Gasteiger partial charge on any atom is -0.368 e. The molecule has 0 spiro atoms. The normalized spacial score (nSPS) is 29.7. The van der Waals surface area contributed by atoms with Crippen LogP contribution < -0.4 is 0 Å². The zero-order valence-electron chi connectivity index (χ0n) is 18.1. The smallest absolute Gasteiger partial charge is 0.164 e. The zero-order chi connectivity index (χ0) is 21.4. The van der Waals surface area contributed by atoms with Crippen LogP contribution in [0.1, 0.15) is 26.3 Å². The summed E-state index contributed by atoms with van der Waals surface area (Å²) in [6, 6.07) is 25.1. The largest absolute Gasteiger partial charge is 0.368 e. The molecule has 2 fully saturated rings. The Balaban J connectivity index is 1.33. The minimum atomic E-state index is -0.664. The first-order chi connectivity index (χ1) is 15.0. The van der Waals surface area contributed by atoms with E-state index in [1.165, 1.54) is 10.8 Å². The first-order valence-corrected chi connectivity index (χ1v) is 11.7. The third-order valence-corrected chi connectivity index (χ3v) is 6.97. The summed E-state index contributed by atoms with van der Waals surface area (Å²) in [6.45, 7) is 6.49. The maximum atomic E-state index is 6.40. The quantitative estimate of drug-likeness (QED) is 0.507. The molecule has 0 aliphatic carbocycles. The Morgan fingerprint density at radius 1 is 0.871 bits per heavy atom. The van der Waals surface area contributed by atoms with E-state index < -0.39 is 5.79 Å². The van der Waals surface area contributed by atoms with Crippen LogP contribution in [-0.2, 0) is 25.6 Å². The van der Waals surface area contributed by atoms with Crippen LogP contribution in [0.2, 0.25) is 0 Å². The van der Waals surface area contributed by atoms with Gasteiger partial charge in [0.2, 0.25) is 0 Å². The molecule has 4 nitrogen and oxygen atoms in total. The van der Waals surface area contributed by atoms with Gasteiger partial charge >= 0.3 is 0 Å². The first-order valence-electron chi connectivity index (χ1n) is 10.8. The molecule has 2 saturated heterocycles. The molecule has 3 aromatic rings. The fourth-order valence-corrected chi connectivity index (χ4v) is 5.55. The van der Waals surface area contributed by atoms with Crippen molar-refractivity contribution in [1.29, 1.82) is 0 Å². The van der Waals surface area contributed by atoms with Gasteiger partial charge in [0.15, 0.2) is 5.79 Å². The standard InChI is InChI=1S/C26H28O4S/c1-17-22(27-16-18-13-14-19-9-7-8-10-20(19)15-18)23-24(30-26(2,3)29-23)25(28-17)31-21-11-5-4-6-12-21/h4-15,17,22-25H,16H2,1-3H3/t17-,22-,23+,24+,25-/m0/s1. The molecule has 0 radical (unpaired) electrons. The number of thioether (sulfide) groups is 1. The van der Waals surface area contributed by atoms with Crippen molar-refractivity contribution in [2.24, 2.45) is 0 Å². The second-order valence-electron chi connectivity index (χ2n) is 8.66. The van der Waals surface area contributed by atoms with Crippen molar-refractivity contribution in [2.75, 3.05) is 0 Å². The van der Waals surface area contributed by atoms with Crippen LogP contribution in [-0.4, -0.2) is 35.6 Å². The Morgan fingerprint density at radius 3 is 2.39 bits per heavy atom. The molecule has 5 atom stereocenters. The maximum absolute atomic E-state index is 6.40. The predicted octanol–water partition coefficient (Wildman–Crippen LogP) is 5.78. The van der Waals surface area contributed by atoms with Crippen molar-refractivity contribution in [3.05, 3.63) is 78.4 Å². The van der Waals surface area contributed by atoms with Gasteiger partial charge in [-0.2, -0.15) is 0 Å². The fraction of sp³-hybridized carbons (Fsp3) is 0.385. The number of hydrogen-bond acceptors (Lipinski definition) is 5. The molecule has 5 rings (SSSR count). The Morgan fingerprint density at radius 2 is 1.58 bits per heavy atom. The second-order valence-corrected chi connectivity index (χ2v) is 9.83. The number of hydrogen-bond donors (Lipinski definition) is 0. The highest BCUT2D eigenvalue weighted by molar-refractivity contribution is 7.99. The highest BCUT2D eigenvalue weighted by Crippen LogP contribution is 2.43. The van der Waals surface area contributed by atoms with Crippen molar-refractivity contribution < 1.29 is 18.9 Å². The molecule has 5 heteroatoms. The summed E-state index contributed by atoms with van der Waals surface area (Å²) in [7, 11) is 0. The van der Waals surface area contributed by atoms with Crippen LogP contribution in [0.15, 0.2) is 77.7 Å². The second kappa shape index (κ2) is 8.57. The first kappa shape index (κ1) is 21.0. The van der Waals surface area contributed by atoms with Crippen LogP contribution >= 0.6 is 11.8 Å². The van der Waals surface area contributed by atoms with Crippen LogP contribution in [0.4, 0.5) is 0 Å². The van der Waals surface area contributed by atoms with Crippen molar-refractivity contribution in [3.63, 3.8) is 0 Å². The summed E-state index contributed by atoms with van der Waals surface area (Å²) < 4.78 is 25.4. The lowest BCUT2D eigenvalue weighted by atomic mass is 10.0. The number of rotatable bonds is 5. The molecule has 2 aliphatic heterocycles. The molecular weight excluding hydrogens is 408 g/mol. The van der Waals surface area contributed by atoms with E-state index in [9.17, 15) is 0 Å². The summed E-state index contributed by atoms with van der Waals surface area (Å²) in [5, 5.41) is 2.45. The van der Waals surface area contributed by atoms with Gasteiger partial charge in [0, 0.05) is 4.90 Å². The molecule has 3 aromatic carbocycles. The third-order valence-electron chi connectivity index (χ3n) is 5.82. The summed E-state index contributed by atoms with van der Waals surface area (Å²) in [5.41, 5.74) is 0.992. The lowest BCUT2D eigenvalue weighted by Gasteiger charge is -2.40. The highest BCUT2D eigenvalue weighted by Gasteiger charge is 2.55. The molecule has 0 bridgehead atoms. The molecule has 162 valence electrons. The molecule has 2 aliphatic rings. The SMILES string of the molecule is C[C@@H]1O[C@@H](Sc2ccccc2)[C@@H]2OC(C)(C)O[C@@H]2[C@H]1OCc1ccc2ccccc2c1. The highest BCUT2D eigenvalue weighted by atomic mass is 32.2. The molecule has 0 amide bonds. The predicted molar refractivity (Wildman–Crippen MR) is 123 cm³/mol. The molecule has 0 unspecified atom stereocenters. The van der Waals surface area contributed by atoms with Gasteiger partial charge in [-0.1, -0.05) is 66.4 Å². The number of fused-ring (bicyclic) bond motifs is 2. The molecular formula is C26H28O4S. The van der Waals surface area contributed by atoms with Crippen molar-refractivity contribution >= 4 is 22.5 Å². The lowest BCUT2D eigenvalue weighted by Crippen LogP contribution is -2.55. The lowest BCUT2D eigenvalue weighted by molar-refractivity contribution is -0.183. The van der Waals surface area contributed by atoms with Crippen LogP contribution in [0.5, 0.6) is 0 Å². The van der Waals surface area contributed by atoms with Gasteiger partial charge in [-0.05, 0) is 55.3 Å². The van der Waals surface area contributed by atoms with E-state index in [4.69, 9.17) is 18.9 Å². The van der Waals surface area contributed by atoms with E-state index in [2.05, 4.69) is 61.5 Å². The number of ether oxygens (including phenoxy) is 4. The van der Waals surface area contributed by atoms with Gasteiger partial charge in [-0.3, -0.25) is 0 Å². The van der Waals surface area contributed by atoms with Crippen LogP contribution in [0.25, 0.3) is 10.8 Å². The monoisotopic (exact) mass is 436 g/mol. The van der Waals surface area contributed by atoms with E-state index in [0.717, 1.165) is 10.5 Å². The summed E-state index contributed by atoms with van der Waals surface area (Å²) in [6.07, 6.45) is -0.690. The Bertz CT molecular complexity index is 1040. The Hall–Kier alpha value is -1.89. The molecule has 0 saturated carbocycles. The maximum Gasteiger partial charge on any atom is 0.164 e. The average molecular weight is 437 g/mol. The molecule has 31 heavy (non-hydrogen) atoms. The van der Waals surface area contributed by atoms with Gasteiger partial charge in [0.25, 0.3) is 0 Å². The van der Waals surface area contributed by atoms with Crippen LogP contribution in [0, 0.1) is 0 Å². The van der Waals surface area contributed by atoms with E-state index in [-0.39, 0.29) is 29.9 Å². The van der Waals surface area contributed by atoms with Gasteiger partial charge < -0.3 is 18.9 Å². The Kier molecular flexibility index (Phi) is 5.80. The zero-order valence-corrected chi connectivity index (χ0v) is 18.9. The van der Waals surface area contributed by atoms with Crippen molar-refractivity contribution in [2.45, 2.75) is 67.9 Å². The minimum absolute atomic E-state index is 0.111. The van der Waals surface area contributed by atoms with E-state index >= 15 is 0 Å². The van der Waals surface area contributed by atoms with E-state index in [1.54, 1.807) is 11.8 Å². The number of benzene rings is 3.